The molecule has 1 amide bonds. The fourth-order valence-corrected chi connectivity index (χ4v) is 3.20. The predicted molar refractivity (Wildman–Crippen MR) is 100 cm³/mol. The van der Waals surface area contributed by atoms with Crippen LogP contribution in [0.4, 0.5) is 20.4 Å². The molecule has 8 nitrogen and oxygen atoms in total. The molecule has 2 N–H and O–H groups in total. The smallest absolute Gasteiger partial charge is 0.387 e. The molecule has 3 rings (SSSR count). The molecule has 3 aromatic rings. The Kier molecular flexibility index (Phi) is 5.98. The number of aromatic nitrogens is 2. The number of hydrogen-bond donors (Lipinski definition) is 2. The summed E-state index contributed by atoms with van der Waals surface area (Å²) in [4.78, 5) is 19.8. The summed E-state index contributed by atoms with van der Waals surface area (Å²) in [5.74, 6) is -0.634. The first-order valence-electron chi connectivity index (χ1n) is 8.09. The summed E-state index contributed by atoms with van der Waals surface area (Å²) in [6, 6.07) is 12.1. The Bertz CT molecular complexity index is 1080. The van der Waals surface area contributed by atoms with Crippen LogP contribution in [0.3, 0.4) is 0 Å². The van der Waals surface area contributed by atoms with Crippen LogP contribution in [-0.4, -0.2) is 30.9 Å². The molecule has 0 saturated heterocycles. The third-order valence-corrected chi connectivity index (χ3v) is 4.90. The highest BCUT2D eigenvalue weighted by Gasteiger charge is 2.16. The van der Waals surface area contributed by atoms with Crippen molar-refractivity contribution in [2.75, 3.05) is 10.0 Å². The number of anilines is 2. The van der Waals surface area contributed by atoms with Crippen molar-refractivity contribution in [3.05, 3.63) is 72.6 Å². The van der Waals surface area contributed by atoms with Crippen LogP contribution >= 0.6 is 0 Å². The molecule has 29 heavy (non-hydrogen) atoms. The zero-order valence-corrected chi connectivity index (χ0v) is 15.4. The number of alkyl halides is 2. The van der Waals surface area contributed by atoms with E-state index in [1.54, 1.807) is 6.07 Å². The summed E-state index contributed by atoms with van der Waals surface area (Å²) in [5.41, 5.74) is 0.559. The topological polar surface area (TPSA) is 110 Å². The molecule has 0 spiro atoms. The van der Waals surface area contributed by atoms with Gasteiger partial charge in [-0.25, -0.2) is 23.1 Å². The minimum atomic E-state index is -3.89. The molecule has 150 valence electrons. The Hall–Kier alpha value is -3.60. The number of hydrogen-bond acceptors (Lipinski definition) is 6. The SMILES string of the molecule is O=C(Nc1ccc(S(=O)(=O)Nc2ncccn2)cc1)c1ccc(OC(F)F)cc1. The summed E-state index contributed by atoms with van der Waals surface area (Å²) < 4.78 is 55.4. The number of sulfonamides is 1. The summed E-state index contributed by atoms with van der Waals surface area (Å²) >= 11 is 0. The van der Waals surface area contributed by atoms with E-state index in [2.05, 4.69) is 24.7 Å². The fourth-order valence-electron chi connectivity index (χ4n) is 2.24. The number of benzene rings is 2. The van der Waals surface area contributed by atoms with Gasteiger partial charge in [0.25, 0.3) is 15.9 Å². The van der Waals surface area contributed by atoms with Crippen molar-refractivity contribution in [3.63, 3.8) is 0 Å². The van der Waals surface area contributed by atoms with Crippen LogP contribution in [-0.2, 0) is 10.0 Å². The van der Waals surface area contributed by atoms with Gasteiger partial charge in [-0.05, 0) is 54.6 Å². The molecule has 0 bridgehead atoms. The van der Waals surface area contributed by atoms with Gasteiger partial charge < -0.3 is 10.1 Å². The third-order valence-electron chi connectivity index (χ3n) is 3.56. The number of rotatable bonds is 7. The summed E-state index contributed by atoms with van der Waals surface area (Å²) in [6.45, 7) is -2.95. The van der Waals surface area contributed by atoms with Crippen LogP contribution in [0, 0.1) is 0 Å². The van der Waals surface area contributed by atoms with Crippen molar-refractivity contribution in [2.45, 2.75) is 11.5 Å². The maximum atomic E-state index is 12.3. The summed E-state index contributed by atoms with van der Waals surface area (Å²) in [5, 5.41) is 2.58. The number of halogens is 2. The maximum absolute atomic E-state index is 12.3. The van der Waals surface area contributed by atoms with Gasteiger partial charge in [-0.3, -0.25) is 4.79 Å². The highest BCUT2D eigenvalue weighted by molar-refractivity contribution is 7.92. The van der Waals surface area contributed by atoms with Gasteiger partial charge in [0.15, 0.2) is 0 Å². The lowest BCUT2D eigenvalue weighted by atomic mass is 10.2. The minimum Gasteiger partial charge on any atom is -0.435 e. The Labute approximate surface area is 164 Å². The van der Waals surface area contributed by atoms with E-state index in [1.165, 1.54) is 60.9 Å². The average molecular weight is 420 g/mol. The molecular weight excluding hydrogens is 406 g/mol. The van der Waals surface area contributed by atoms with E-state index in [4.69, 9.17) is 0 Å². The van der Waals surface area contributed by atoms with Crippen LogP contribution in [0.25, 0.3) is 0 Å². The highest BCUT2D eigenvalue weighted by atomic mass is 32.2. The highest BCUT2D eigenvalue weighted by Crippen LogP contribution is 2.18. The van der Waals surface area contributed by atoms with E-state index in [0.717, 1.165) is 0 Å². The van der Waals surface area contributed by atoms with Crippen LogP contribution in [0.2, 0.25) is 0 Å². The zero-order chi connectivity index (χ0) is 20.9. The first-order chi connectivity index (χ1) is 13.8. The van der Waals surface area contributed by atoms with Crippen LogP contribution in [0.5, 0.6) is 5.75 Å². The van der Waals surface area contributed by atoms with Crippen LogP contribution in [0.15, 0.2) is 71.9 Å². The van der Waals surface area contributed by atoms with Crippen molar-refractivity contribution < 1.29 is 26.7 Å². The molecule has 0 aliphatic heterocycles. The summed E-state index contributed by atoms with van der Waals surface area (Å²) in [6.07, 6.45) is 2.80. The lowest BCUT2D eigenvalue weighted by Gasteiger charge is -2.09. The average Bonchev–Trinajstić information content (AvgIpc) is 2.69. The van der Waals surface area contributed by atoms with E-state index in [1.807, 2.05) is 0 Å². The van der Waals surface area contributed by atoms with Gasteiger partial charge in [-0.15, -0.1) is 0 Å². The van der Waals surface area contributed by atoms with E-state index in [0.29, 0.717) is 5.69 Å². The number of amides is 1. The molecule has 0 aliphatic carbocycles. The number of carbonyl (C=O) groups excluding carboxylic acids is 1. The molecule has 0 saturated carbocycles. The van der Waals surface area contributed by atoms with E-state index < -0.39 is 22.5 Å². The zero-order valence-electron chi connectivity index (χ0n) is 14.6. The molecule has 1 heterocycles. The Balaban J connectivity index is 1.66. The number of nitrogens with zero attached hydrogens (tertiary/aromatic N) is 2. The maximum Gasteiger partial charge on any atom is 0.387 e. The van der Waals surface area contributed by atoms with Crippen molar-refractivity contribution in [1.82, 2.24) is 9.97 Å². The molecular formula is C18H14F2N4O4S. The van der Waals surface area contributed by atoms with E-state index >= 15 is 0 Å². The second-order valence-electron chi connectivity index (χ2n) is 5.56. The van der Waals surface area contributed by atoms with Crippen molar-refractivity contribution in [2.24, 2.45) is 0 Å². The fraction of sp³-hybridized carbons (Fsp3) is 0.0556. The molecule has 11 heteroatoms. The number of carbonyl (C=O) groups is 1. The van der Waals surface area contributed by atoms with Gasteiger partial charge in [-0.2, -0.15) is 8.78 Å². The van der Waals surface area contributed by atoms with Gasteiger partial charge >= 0.3 is 6.61 Å². The lowest BCUT2D eigenvalue weighted by Crippen LogP contribution is -2.15. The molecule has 2 aromatic carbocycles. The van der Waals surface area contributed by atoms with Crippen molar-refractivity contribution >= 4 is 27.6 Å². The minimum absolute atomic E-state index is 0.0450. The third kappa shape index (κ3) is 5.45. The molecule has 0 fully saturated rings. The van der Waals surface area contributed by atoms with Crippen LogP contribution in [0.1, 0.15) is 10.4 Å². The standard InChI is InChI=1S/C18H14F2N4O4S/c19-17(20)28-14-6-2-12(3-7-14)16(25)23-13-4-8-15(9-5-13)29(26,27)24-18-21-10-1-11-22-18/h1-11,17H,(H,23,25)(H,21,22,24). The van der Waals surface area contributed by atoms with Gasteiger partial charge in [0.05, 0.1) is 4.90 Å². The molecule has 1 aromatic heterocycles. The second-order valence-corrected chi connectivity index (χ2v) is 7.24. The lowest BCUT2D eigenvalue weighted by molar-refractivity contribution is -0.0498. The van der Waals surface area contributed by atoms with Crippen molar-refractivity contribution in [1.29, 1.82) is 0 Å². The second kappa shape index (κ2) is 8.61. The van der Waals surface area contributed by atoms with E-state index in [-0.39, 0.29) is 22.2 Å². The number of ether oxygens (including phenoxy) is 1. The van der Waals surface area contributed by atoms with Gasteiger partial charge in [0.2, 0.25) is 5.95 Å². The van der Waals surface area contributed by atoms with Gasteiger partial charge in [0.1, 0.15) is 5.75 Å². The Morgan fingerprint density at radius 2 is 1.59 bits per heavy atom. The molecule has 0 atom stereocenters. The molecule has 0 radical (unpaired) electrons. The quantitative estimate of drug-likeness (QED) is 0.608. The first-order valence-corrected chi connectivity index (χ1v) is 9.58. The first kappa shape index (κ1) is 20.1. The Morgan fingerprint density at radius 1 is 0.966 bits per heavy atom. The number of nitrogens with one attached hydrogen (secondary N) is 2. The van der Waals surface area contributed by atoms with Crippen molar-refractivity contribution in [3.8, 4) is 5.75 Å². The normalized spacial score (nSPS) is 11.1. The van der Waals surface area contributed by atoms with Gasteiger partial charge in [-0.1, -0.05) is 0 Å². The largest absolute Gasteiger partial charge is 0.435 e. The predicted octanol–water partition coefficient (Wildman–Crippen LogP) is 3.13. The monoisotopic (exact) mass is 420 g/mol. The molecule has 0 unspecified atom stereocenters. The Morgan fingerprint density at radius 3 is 2.17 bits per heavy atom. The van der Waals surface area contributed by atoms with Gasteiger partial charge in [0, 0.05) is 23.6 Å². The molecule has 0 aliphatic rings. The summed E-state index contributed by atoms with van der Waals surface area (Å²) in [7, 11) is -3.89. The van der Waals surface area contributed by atoms with E-state index in [9.17, 15) is 22.0 Å². The van der Waals surface area contributed by atoms with Crippen LogP contribution < -0.4 is 14.8 Å².